The Labute approximate surface area is 109 Å². The second kappa shape index (κ2) is 8.69. The van der Waals surface area contributed by atoms with Crippen molar-refractivity contribution >= 4 is 5.82 Å². The molecule has 1 unspecified atom stereocenters. The van der Waals surface area contributed by atoms with Gasteiger partial charge in [-0.3, -0.25) is 0 Å². The number of aliphatic hydroxyl groups excluding tert-OH is 1. The molecule has 5 nitrogen and oxygen atoms in total. The summed E-state index contributed by atoms with van der Waals surface area (Å²) in [6.45, 7) is 5.88. The highest BCUT2D eigenvalue weighted by molar-refractivity contribution is 5.36. The van der Waals surface area contributed by atoms with Crippen molar-refractivity contribution in [1.29, 1.82) is 0 Å². The Kier molecular flexibility index (Phi) is 7.10. The highest BCUT2D eigenvalue weighted by Gasteiger charge is 2.06. The van der Waals surface area contributed by atoms with Crippen molar-refractivity contribution in [2.45, 2.75) is 33.1 Å². The summed E-state index contributed by atoms with van der Waals surface area (Å²) in [6, 6.07) is 1.81. The molecule has 0 radical (unpaired) electrons. The van der Waals surface area contributed by atoms with Gasteiger partial charge in [-0.2, -0.15) is 0 Å². The summed E-state index contributed by atoms with van der Waals surface area (Å²) < 4.78 is 5.45. The predicted octanol–water partition coefficient (Wildman–Crippen LogP) is 2.09. The smallest absolute Gasteiger partial charge is 0.218 e. The van der Waals surface area contributed by atoms with Crippen LogP contribution in [0.4, 0.5) is 5.82 Å². The van der Waals surface area contributed by atoms with Crippen molar-refractivity contribution in [1.82, 2.24) is 9.97 Å². The third kappa shape index (κ3) is 5.31. The fourth-order valence-electron chi connectivity index (χ4n) is 1.60. The monoisotopic (exact) mass is 253 g/mol. The molecule has 0 spiro atoms. The average molecular weight is 253 g/mol. The summed E-state index contributed by atoms with van der Waals surface area (Å²) in [6.07, 6.45) is 4.31. The third-order valence-corrected chi connectivity index (χ3v) is 2.78. The molecule has 0 aromatic carbocycles. The quantitative estimate of drug-likeness (QED) is 0.705. The fraction of sp³-hybridized carbons (Fsp3) is 0.692. The first-order valence-electron chi connectivity index (χ1n) is 6.59. The molecule has 1 rings (SSSR count). The van der Waals surface area contributed by atoms with Gasteiger partial charge >= 0.3 is 0 Å². The maximum absolute atomic E-state index is 8.93. The maximum Gasteiger partial charge on any atom is 0.218 e. The van der Waals surface area contributed by atoms with E-state index < -0.39 is 0 Å². The van der Waals surface area contributed by atoms with E-state index in [4.69, 9.17) is 9.84 Å². The highest BCUT2D eigenvalue weighted by Crippen LogP contribution is 2.13. The fourth-order valence-corrected chi connectivity index (χ4v) is 1.60. The standard InChI is InChI=1S/C13H23N3O2/c1-3-7-18-13-8-12(15-10-16-13)14-9-11(4-2)5-6-17/h8,10-11,17H,3-7,9H2,1-2H3,(H,14,15,16). The zero-order valence-corrected chi connectivity index (χ0v) is 11.2. The Morgan fingerprint density at radius 3 is 2.89 bits per heavy atom. The van der Waals surface area contributed by atoms with Gasteiger partial charge in [0, 0.05) is 19.2 Å². The number of aromatic nitrogens is 2. The summed E-state index contributed by atoms with van der Waals surface area (Å²) in [5, 5.41) is 12.2. The van der Waals surface area contributed by atoms with E-state index in [1.807, 2.05) is 0 Å². The number of nitrogens with one attached hydrogen (secondary N) is 1. The van der Waals surface area contributed by atoms with Crippen LogP contribution in [0, 0.1) is 5.92 Å². The zero-order chi connectivity index (χ0) is 13.2. The third-order valence-electron chi connectivity index (χ3n) is 2.78. The van der Waals surface area contributed by atoms with Crippen LogP contribution < -0.4 is 10.1 Å². The molecule has 1 aromatic rings. The van der Waals surface area contributed by atoms with Gasteiger partial charge in [-0.25, -0.2) is 9.97 Å². The average Bonchev–Trinajstić information content (AvgIpc) is 2.41. The Morgan fingerprint density at radius 1 is 1.39 bits per heavy atom. The molecule has 18 heavy (non-hydrogen) atoms. The maximum atomic E-state index is 8.93. The molecule has 0 saturated heterocycles. The Bertz CT molecular complexity index is 334. The lowest BCUT2D eigenvalue weighted by atomic mass is 10.0. The first-order valence-corrected chi connectivity index (χ1v) is 6.59. The Morgan fingerprint density at radius 2 is 2.22 bits per heavy atom. The highest BCUT2D eigenvalue weighted by atomic mass is 16.5. The lowest BCUT2D eigenvalue weighted by molar-refractivity contribution is 0.258. The molecule has 0 amide bonds. The van der Waals surface area contributed by atoms with E-state index in [1.165, 1.54) is 6.33 Å². The van der Waals surface area contributed by atoms with Crippen molar-refractivity contribution < 1.29 is 9.84 Å². The lowest BCUT2D eigenvalue weighted by Gasteiger charge is -2.14. The van der Waals surface area contributed by atoms with Gasteiger partial charge in [0.1, 0.15) is 12.1 Å². The molecule has 1 atom stereocenters. The van der Waals surface area contributed by atoms with E-state index in [0.29, 0.717) is 18.4 Å². The van der Waals surface area contributed by atoms with E-state index >= 15 is 0 Å². The van der Waals surface area contributed by atoms with E-state index in [-0.39, 0.29) is 6.61 Å². The Hall–Kier alpha value is -1.36. The predicted molar refractivity (Wildman–Crippen MR) is 71.8 cm³/mol. The van der Waals surface area contributed by atoms with Crippen molar-refractivity contribution in [2.75, 3.05) is 25.1 Å². The zero-order valence-electron chi connectivity index (χ0n) is 11.2. The minimum absolute atomic E-state index is 0.231. The molecule has 1 aromatic heterocycles. The minimum Gasteiger partial charge on any atom is -0.478 e. The summed E-state index contributed by atoms with van der Waals surface area (Å²) in [7, 11) is 0. The molecule has 5 heteroatoms. The van der Waals surface area contributed by atoms with Crippen LogP contribution in [-0.2, 0) is 0 Å². The van der Waals surface area contributed by atoms with Crippen LogP contribution in [0.5, 0.6) is 5.88 Å². The van der Waals surface area contributed by atoms with Crippen molar-refractivity contribution in [3.8, 4) is 5.88 Å². The number of hydrogen-bond donors (Lipinski definition) is 2. The summed E-state index contributed by atoms with van der Waals surface area (Å²) in [5.74, 6) is 1.84. The van der Waals surface area contributed by atoms with Crippen LogP contribution in [0.3, 0.4) is 0 Å². The normalized spacial score (nSPS) is 12.2. The number of rotatable bonds is 9. The van der Waals surface area contributed by atoms with E-state index in [0.717, 1.165) is 31.6 Å². The topological polar surface area (TPSA) is 67.3 Å². The van der Waals surface area contributed by atoms with E-state index in [9.17, 15) is 0 Å². The molecule has 0 aliphatic carbocycles. The second-order valence-corrected chi connectivity index (χ2v) is 4.26. The van der Waals surface area contributed by atoms with Crippen molar-refractivity contribution in [2.24, 2.45) is 5.92 Å². The molecule has 0 fully saturated rings. The number of nitrogens with zero attached hydrogens (tertiary/aromatic N) is 2. The van der Waals surface area contributed by atoms with Gasteiger partial charge in [-0.15, -0.1) is 0 Å². The van der Waals surface area contributed by atoms with Gasteiger partial charge < -0.3 is 15.2 Å². The first kappa shape index (κ1) is 14.7. The number of ether oxygens (including phenoxy) is 1. The van der Waals surface area contributed by atoms with Gasteiger partial charge in [0.15, 0.2) is 0 Å². The molecular formula is C13H23N3O2. The summed E-state index contributed by atoms with van der Waals surface area (Å²) >= 11 is 0. The molecule has 102 valence electrons. The van der Waals surface area contributed by atoms with Crippen LogP contribution in [0.1, 0.15) is 33.1 Å². The SMILES string of the molecule is CCCOc1cc(NCC(CC)CCO)ncn1. The number of hydrogen-bond acceptors (Lipinski definition) is 5. The van der Waals surface area contributed by atoms with Crippen LogP contribution in [-0.4, -0.2) is 34.8 Å². The van der Waals surface area contributed by atoms with E-state index in [1.54, 1.807) is 6.07 Å². The molecule has 0 saturated carbocycles. The van der Waals surface area contributed by atoms with Crippen LogP contribution in [0.15, 0.2) is 12.4 Å². The van der Waals surface area contributed by atoms with E-state index in [2.05, 4.69) is 29.1 Å². The molecule has 1 heterocycles. The molecular weight excluding hydrogens is 230 g/mol. The summed E-state index contributed by atoms with van der Waals surface area (Å²) in [4.78, 5) is 8.20. The molecule has 0 aliphatic heterocycles. The lowest BCUT2D eigenvalue weighted by Crippen LogP contribution is -2.15. The summed E-state index contributed by atoms with van der Waals surface area (Å²) in [5.41, 5.74) is 0. The number of aliphatic hydroxyl groups is 1. The minimum atomic E-state index is 0.231. The molecule has 0 aliphatic rings. The number of anilines is 1. The van der Waals surface area contributed by atoms with Gasteiger partial charge in [-0.05, 0) is 18.8 Å². The molecule has 0 bridgehead atoms. The van der Waals surface area contributed by atoms with Gasteiger partial charge in [0.2, 0.25) is 5.88 Å². The van der Waals surface area contributed by atoms with Gasteiger partial charge in [0.25, 0.3) is 0 Å². The van der Waals surface area contributed by atoms with Gasteiger partial charge in [0.05, 0.1) is 6.61 Å². The molecule has 2 N–H and O–H groups in total. The van der Waals surface area contributed by atoms with Crippen LogP contribution in [0.25, 0.3) is 0 Å². The second-order valence-electron chi connectivity index (χ2n) is 4.26. The van der Waals surface area contributed by atoms with Crippen LogP contribution >= 0.6 is 0 Å². The Balaban J connectivity index is 2.45. The van der Waals surface area contributed by atoms with Crippen molar-refractivity contribution in [3.05, 3.63) is 12.4 Å². The largest absolute Gasteiger partial charge is 0.478 e. The first-order chi connectivity index (χ1) is 8.80. The van der Waals surface area contributed by atoms with Crippen molar-refractivity contribution in [3.63, 3.8) is 0 Å². The van der Waals surface area contributed by atoms with Gasteiger partial charge in [-0.1, -0.05) is 20.3 Å². The van der Waals surface area contributed by atoms with Crippen LogP contribution in [0.2, 0.25) is 0 Å².